The first-order chi connectivity index (χ1) is 13.6. The third-order valence-corrected chi connectivity index (χ3v) is 6.22. The summed E-state index contributed by atoms with van der Waals surface area (Å²) in [5.41, 5.74) is 7.92. The number of carbonyl (C=O) groups is 1. The molecule has 0 radical (unpaired) electrons. The summed E-state index contributed by atoms with van der Waals surface area (Å²) >= 11 is 7.10. The molecule has 1 fully saturated rings. The molecule has 142 valence electrons. The lowest BCUT2D eigenvalue weighted by atomic mass is 10.1. The molecular formula is C20H17ClN4O2S. The van der Waals surface area contributed by atoms with Crippen LogP contribution in [-0.2, 0) is 0 Å². The minimum atomic E-state index is -0.383. The largest absolute Gasteiger partial charge is 0.396 e. The molecule has 0 spiro atoms. The molecule has 3 N–H and O–H groups in total. The first kappa shape index (κ1) is 18.5. The summed E-state index contributed by atoms with van der Waals surface area (Å²) in [4.78, 5) is 13.2. The number of nitrogen functional groups attached to an aromatic ring is 1. The van der Waals surface area contributed by atoms with Gasteiger partial charge in [0.15, 0.2) is 0 Å². The quantitative estimate of drug-likeness (QED) is 0.565. The van der Waals surface area contributed by atoms with Crippen molar-refractivity contribution in [1.82, 2.24) is 5.16 Å². The number of nitrogens with two attached hydrogens (primary N) is 1. The van der Waals surface area contributed by atoms with Crippen LogP contribution in [0.1, 0.15) is 46.7 Å². The first-order valence-corrected chi connectivity index (χ1v) is 10.1. The third kappa shape index (κ3) is 3.49. The Morgan fingerprint density at radius 1 is 1.32 bits per heavy atom. The second-order valence-corrected chi connectivity index (χ2v) is 8.16. The van der Waals surface area contributed by atoms with E-state index >= 15 is 0 Å². The normalized spacial score (nSPS) is 14.1. The van der Waals surface area contributed by atoms with Gasteiger partial charge in [-0.15, -0.1) is 11.3 Å². The van der Waals surface area contributed by atoms with Crippen LogP contribution in [0.2, 0.25) is 5.02 Å². The highest BCUT2D eigenvalue weighted by molar-refractivity contribution is 7.19. The molecule has 0 bridgehead atoms. The fourth-order valence-corrected chi connectivity index (χ4v) is 4.55. The maximum Gasteiger partial charge on any atom is 0.243 e. The molecule has 1 aromatic carbocycles. The Labute approximate surface area is 170 Å². The molecule has 0 aliphatic heterocycles. The zero-order valence-corrected chi connectivity index (χ0v) is 16.4. The average molecular weight is 413 g/mol. The van der Waals surface area contributed by atoms with Gasteiger partial charge < -0.3 is 15.6 Å². The van der Waals surface area contributed by atoms with Gasteiger partial charge in [0.2, 0.25) is 11.5 Å². The molecule has 8 heteroatoms. The first-order valence-electron chi connectivity index (χ1n) is 8.93. The van der Waals surface area contributed by atoms with Gasteiger partial charge in [0.1, 0.15) is 27.2 Å². The van der Waals surface area contributed by atoms with Crippen molar-refractivity contribution in [3.63, 3.8) is 0 Å². The van der Waals surface area contributed by atoms with E-state index in [9.17, 15) is 10.1 Å². The van der Waals surface area contributed by atoms with Crippen LogP contribution in [0.15, 0.2) is 34.9 Å². The molecule has 0 saturated heterocycles. The van der Waals surface area contributed by atoms with Gasteiger partial charge in [0.25, 0.3) is 0 Å². The Hall–Kier alpha value is -2.82. The molecule has 1 aliphatic rings. The number of hydrogen-bond acceptors (Lipinski definition) is 7. The Bertz CT molecular complexity index is 1060. The Kier molecular flexibility index (Phi) is 5.07. The van der Waals surface area contributed by atoms with E-state index in [0.717, 1.165) is 31.2 Å². The fourth-order valence-electron chi connectivity index (χ4n) is 3.33. The van der Waals surface area contributed by atoms with Crippen LogP contribution in [0.25, 0.3) is 11.3 Å². The molecule has 28 heavy (non-hydrogen) atoms. The Morgan fingerprint density at radius 2 is 2.04 bits per heavy atom. The molecule has 0 atom stereocenters. The van der Waals surface area contributed by atoms with Crippen molar-refractivity contribution in [2.45, 2.75) is 31.7 Å². The van der Waals surface area contributed by atoms with Crippen molar-refractivity contribution in [2.24, 2.45) is 0 Å². The van der Waals surface area contributed by atoms with Crippen molar-refractivity contribution >= 4 is 39.4 Å². The number of nitrogens with one attached hydrogen (secondary N) is 1. The van der Waals surface area contributed by atoms with E-state index in [4.69, 9.17) is 21.9 Å². The zero-order valence-electron chi connectivity index (χ0n) is 14.9. The third-order valence-electron chi connectivity index (χ3n) is 4.83. The van der Waals surface area contributed by atoms with Gasteiger partial charge >= 0.3 is 0 Å². The number of nitrogens with zero attached hydrogens (tertiary/aromatic N) is 2. The number of anilines is 2. The van der Waals surface area contributed by atoms with Crippen molar-refractivity contribution in [3.05, 3.63) is 51.6 Å². The van der Waals surface area contributed by atoms with E-state index in [2.05, 4.69) is 16.5 Å². The van der Waals surface area contributed by atoms with Crippen molar-refractivity contribution in [3.8, 4) is 17.3 Å². The van der Waals surface area contributed by atoms with Crippen LogP contribution in [0.5, 0.6) is 0 Å². The summed E-state index contributed by atoms with van der Waals surface area (Å²) in [6.45, 7) is 0. The number of aromatic nitrogens is 1. The van der Waals surface area contributed by atoms with Gasteiger partial charge in [-0.05, 0) is 25.0 Å². The van der Waals surface area contributed by atoms with E-state index in [0.29, 0.717) is 27.3 Å². The Balaban J connectivity index is 1.62. The summed E-state index contributed by atoms with van der Waals surface area (Å²) in [5, 5.41) is 18.1. The van der Waals surface area contributed by atoms with Crippen LogP contribution < -0.4 is 11.1 Å². The Morgan fingerprint density at radius 3 is 2.71 bits per heavy atom. The number of nitriles is 1. The van der Waals surface area contributed by atoms with Crippen molar-refractivity contribution < 1.29 is 9.32 Å². The topological polar surface area (TPSA) is 105 Å². The van der Waals surface area contributed by atoms with Crippen LogP contribution in [-0.4, -0.2) is 17.0 Å². The highest BCUT2D eigenvalue weighted by Gasteiger charge is 2.26. The monoisotopic (exact) mass is 412 g/mol. The van der Waals surface area contributed by atoms with E-state index in [1.807, 2.05) is 0 Å². The van der Waals surface area contributed by atoms with Crippen molar-refractivity contribution in [2.75, 3.05) is 11.1 Å². The highest BCUT2D eigenvalue weighted by Crippen LogP contribution is 2.38. The van der Waals surface area contributed by atoms with Gasteiger partial charge in [0.05, 0.1) is 5.69 Å². The molecule has 3 aromatic rings. The van der Waals surface area contributed by atoms with Crippen LogP contribution in [0, 0.1) is 11.3 Å². The van der Waals surface area contributed by atoms with E-state index in [1.54, 1.807) is 30.3 Å². The van der Waals surface area contributed by atoms with E-state index in [1.165, 1.54) is 11.3 Å². The van der Waals surface area contributed by atoms with E-state index in [-0.39, 0.29) is 22.1 Å². The maximum atomic E-state index is 12.9. The second-order valence-electron chi connectivity index (χ2n) is 6.70. The van der Waals surface area contributed by atoms with Gasteiger partial charge in [0, 0.05) is 22.7 Å². The number of benzene rings is 1. The van der Waals surface area contributed by atoms with Crippen molar-refractivity contribution in [1.29, 1.82) is 5.26 Å². The molecule has 1 saturated carbocycles. The van der Waals surface area contributed by atoms with Gasteiger partial charge in [-0.25, -0.2) is 0 Å². The predicted molar refractivity (Wildman–Crippen MR) is 110 cm³/mol. The van der Waals surface area contributed by atoms with Crippen LogP contribution in [0.4, 0.5) is 10.7 Å². The van der Waals surface area contributed by atoms with Gasteiger partial charge in [-0.1, -0.05) is 41.7 Å². The molecule has 0 amide bonds. The highest BCUT2D eigenvalue weighted by atomic mass is 35.5. The maximum absolute atomic E-state index is 12.9. The molecule has 2 aromatic heterocycles. The average Bonchev–Trinajstić information content (AvgIpc) is 3.43. The summed E-state index contributed by atoms with van der Waals surface area (Å²) in [7, 11) is 0. The zero-order chi connectivity index (χ0) is 19.7. The fraction of sp³-hybridized carbons (Fsp3) is 0.250. The molecule has 1 aliphatic carbocycles. The van der Waals surface area contributed by atoms with Gasteiger partial charge in [-0.3, -0.25) is 4.79 Å². The van der Waals surface area contributed by atoms with Crippen LogP contribution >= 0.6 is 22.9 Å². The minimum Gasteiger partial charge on any atom is -0.396 e. The SMILES string of the molecule is N#Cc1c(NC2CCCC2)sc(C(=O)c2cc(-c3ccc(Cl)cc3)no2)c1N. The molecule has 0 unspecified atom stereocenters. The molecular weight excluding hydrogens is 396 g/mol. The minimum absolute atomic E-state index is 0.0785. The number of hydrogen-bond donors (Lipinski definition) is 2. The predicted octanol–water partition coefficient (Wildman–Crippen LogP) is 5.10. The smallest absolute Gasteiger partial charge is 0.243 e. The van der Waals surface area contributed by atoms with E-state index < -0.39 is 0 Å². The number of ketones is 1. The van der Waals surface area contributed by atoms with Gasteiger partial charge in [-0.2, -0.15) is 5.26 Å². The summed E-state index contributed by atoms with van der Waals surface area (Å²) < 4.78 is 5.25. The molecule has 4 rings (SSSR count). The number of rotatable bonds is 5. The second kappa shape index (κ2) is 7.66. The number of carbonyl (C=O) groups excluding carboxylic acids is 1. The molecule has 2 heterocycles. The summed E-state index contributed by atoms with van der Waals surface area (Å²) in [6, 6.07) is 11.1. The number of thiophene rings is 1. The number of halogens is 1. The van der Waals surface area contributed by atoms with Crippen LogP contribution in [0.3, 0.4) is 0 Å². The molecule has 6 nitrogen and oxygen atoms in total. The lowest BCUT2D eigenvalue weighted by Gasteiger charge is -2.11. The summed E-state index contributed by atoms with van der Waals surface area (Å²) in [5.74, 6) is -0.305. The lowest BCUT2D eigenvalue weighted by Crippen LogP contribution is -2.14. The summed E-state index contributed by atoms with van der Waals surface area (Å²) in [6.07, 6.45) is 4.44. The standard InChI is InChI=1S/C20H17ClN4O2S/c21-12-7-5-11(6-8-12)15-9-16(27-25-15)18(26)19-17(23)14(10-22)20(28-19)24-13-3-1-2-4-13/h5-9,13,24H,1-4,23H2. The lowest BCUT2D eigenvalue weighted by molar-refractivity contribution is 0.100.